The van der Waals surface area contributed by atoms with Crippen LogP contribution in [0.1, 0.15) is 19.8 Å². The van der Waals surface area contributed by atoms with Gasteiger partial charge in [0.2, 0.25) is 11.8 Å². The highest BCUT2D eigenvalue weighted by Crippen LogP contribution is 2.24. The predicted molar refractivity (Wildman–Crippen MR) is 93.0 cm³/mol. The Hall–Kier alpha value is -2.35. The molecule has 1 aromatic heterocycles. The number of rotatable bonds is 5. The summed E-state index contributed by atoms with van der Waals surface area (Å²) < 4.78 is 1.77. The first-order valence-corrected chi connectivity index (χ1v) is 8.64. The molecule has 1 aliphatic heterocycles. The van der Waals surface area contributed by atoms with Gasteiger partial charge in [0.1, 0.15) is 6.33 Å². The summed E-state index contributed by atoms with van der Waals surface area (Å²) in [6.07, 6.45) is 3.11. The summed E-state index contributed by atoms with van der Waals surface area (Å²) in [6, 6.07) is 7.36. The average molecular weight is 345 g/mol. The SMILES string of the molecule is CC(Sc1nncn1C)C(=O)Nc1ccc(N2CCCC2=O)cc1. The fourth-order valence-electron chi connectivity index (χ4n) is 2.48. The van der Waals surface area contributed by atoms with Gasteiger partial charge in [-0.3, -0.25) is 9.59 Å². The zero-order valence-corrected chi connectivity index (χ0v) is 14.4. The number of thioether (sulfide) groups is 1. The van der Waals surface area contributed by atoms with Gasteiger partial charge in [-0.15, -0.1) is 10.2 Å². The Morgan fingerprint density at radius 3 is 2.67 bits per heavy atom. The summed E-state index contributed by atoms with van der Waals surface area (Å²) in [5.74, 6) is 0.0495. The first-order valence-electron chi connectivity index (χ1n) is 7.76. The van der Waals surface area contributed by atoms with Crippen molar-refractivity contribution >= 4 is 35.0 Å². The van der Waals surface area contributed by atoms with Gasteiger partial charge in [0.15, 0.2) is 5.16 Å². The number of benzene rings is 1. The topological polar surface area (TPSA) is 80.1 Å². The maximum atomic E-state index is 12.3. The third-order valence-electron chi connectivity index (χ3n) is 3.84. The van der Waals surface area contributed by atoms with E-state index in [1.807, 2.05) is 38.2 Å². The van der Waals surface area contributed by atoms with Crippen LogP contribution >= 0.6 is 11.8 Å². The second-order valence-electron chi connectivity index (χ2n) is 5.67. The molecule has 2 amide bonds. The smallest absolute Gasteiger partial charge is 0.237 e. The van der Waals surface area contributed by atoms with Gasteiger partial charge in [-0.2, -0.15) is 0 Å². The van der Waals surface area contributed by atoms with Crippen molar-refractivity contribution in [3.63, 3.8) is 0 Å². The Kier molecular flexibility index (Phi) is 4.84. The van der Waals surface area contributed by atoms with Crippen LogP contribution in [0.5, 0.6) is 0 Å². The quantitative estimate of drug-likeness (QED) is 0.839. The van der Waals surface area contributed by atoms with Gasteiger partial charge < -0.3 is 14.8 Å². The second kappa shape index (κ2) is 7.04. The van der Waals surface area contributed by atoms with E-state index >= 15 is 0 Å². The number of anilines is 2. The summed E-state index contributed by atoms with van der Waals surface area (Å²) in [7, 11) is 1.84. The Labute approximate surface area is 144 Å². The van der Waals surface area contributed by atoms with Crippen molar-refractivity contribution in [3.05, 3.63) is 30.6 Å². The van der Waals surface area contributed by atoms with E-state index in [-0.39, 0.29) is 17.1 Å². The minimum Gasteiger partial charge on any atom is -0.325 e. The third kappa shape index (κ3) is 3.59. The highest BCUT2D eigenvalue weighted by molar-refractivity contribution is 8.00. The van der Waals surface area contributed by atoms with E-state index < -0.39 is 0 Å². The predicted octanol–water partition coefficient (Wildman–Crippen LogP) is 2.06. The van der Waals surface area contributed by atoms with Gasteiger partial charge in [0, 0.05) is 31.4 Å². The van der Waals surface area contributed by atoms with Crippen molar-refractivity contribution < 1.29 is 9.59 Å². The zero-order valence-electron chi connectivity index (χ0n) is 13.6. The number of hydrogen-bond donors (Lipinski definition) is 1. The molecule has 0 aliphatic carbocycles. The largest absolute Gasteiger partial charge is 0.325 e. The van der Waals surface area contributed by atoms with Crippen LogP contribution in [0.15, 0.2) is 35.7 Å². The van der Waals surface area contributed by atoms with Crippen molar-refractivity contribution in [2.45, 2.75) is 30.2 Å². The molecule has 1 saturated heterocycles. The molecule has 1 fully saturated rings. The standard InChI is InChI=1S/C16H19N5O2S/c1-11(24-16-19-17-10-20(16)2)15(23)18-12-5-7-13(8-6-12)21-9-3-4-14(21)22/h5-8,10-11H,3-4,9H2,1-2H3,(H,18,23). The van der Waals surface area contributed by atoms with E-state index in [9.17, 15) is 9.59 Å². The van der Waals surface area contributed by atoms with E-state index in [0.717, 1.165) is 18.7 Å². The van der Waals surface area contributed by atoms with Crippen LogP contribution < -0.4 is 10.2 Å². The van der Waals surface area contributed by atoms with Crippen LogP contribution in [0.4, 0.5) is 11.4 Å². The molecule has 0 saturated carbocycles. The fourth-order valence-corrected chi connectivity index (χ4v) is 3.27. The molecule has 1 atom stereocenters. The fraction of sp³-hybridized carbons (Fsp3) is 0.375. The summed E-state index contributed by atoms with van der Waals surface area (Å²) >= 11 is 1.35. The molecule has 3 rings (SSSR count). The van der Waals surface area contributed by atoms with Crippen molar-refractivity contribution in [2.75, 3.05) is 16.8 Å². The summed E-state index contributed by atoms with van der Waals surface area (Å²) in [6.45, 7) is 2.59. The second-order valence-corrected chi connectivity index (χ2v) is 6.98. The molecule has 0 radical (unpaired) electrons. The molecule has 2 aromatic rings. The minimum absolute atomic E-state index is 0.104. The van der Waals surface area contributed by atoms with E-state index in [1.54, 1.807) is 15.8 Å². The maximum Gasteiger partial charge on any atom is 0.237 e. The number of amides is 2. The van der Waals surface area contributed by atoms with Crippen LogP contribution in [0.2, 0.25) is 0 Å². The normalized spacial score (nSPS) is 15.6. The van der Waals surface area contributed by atoms with Crippen LogP contribution in [-0.2, 0) is 16.6 Å². The summed E-state index contributed by atoms with van der Waals surface area (Å²) in [4.78, 5) is 25.8. The van der Waals surface area contributed by atoms with Gasteiger partial charge in [0.05, 0.1) is 5.25 Å². The first kappa shape index (κ1) is 16.5. The molecule has 0 bridgehead atoms. The lowest BCUT2D eigenvalue weighted by Gasteiger charge is -2.16. The molecule has 1 aromatic carbocycles. The molecule has 0 spiro atoms. The number of carbonyl (C=O) groups excluding carboxylic acids is 2. The average Bonchev–Trinajstić information content (AvgIpc) is 3.17. The number of aromatic nitrogens is 3. The van der Waals surface area contributed by atoms with Gasteiger partial charge in [-0.05, 0) is 37.6 Å². The Morgan fingerprint density at radius 2 is 2.08 bits per heavy atom. The van der Waals surface area contributed by atoms with Crippen molar-refractivity contribution in [1.29, 1.82) is 0 Å². The molecular formula is C16H19N5O2S. The third-order valence-corrected chi connectivity index (χ3v) is 4.99. The van der Waals surface area contributed by atoms with E-state index in [1.165, 1.54) is 11.8 Å². The summed E-state index contributed by atoms with van der Waals surface area (Å²) in [5, 5.41) is 11.0. The first-order chi connectivity index (χ1) is 11.5. The molecule has 1 unspecified atom stereocenters. The molecule has 7 nitrogen and oxygen atoms in total. The van der Waals surface area contributed by atoms with Gasteiger partial charge in [-0.25, -0.2) is 0 Å². The molecule has 8 heteroatoms. The number of carbonyl (C=O) groups is 2. The van der Waals surface area contributed by atoms with Crippen molar-refractivity contribution in [2.24, 2.45) is 7.05 Å². The molecular weight excluding hydrogens is 326 g/mol. The number of nitrogens with one attached hydrogen (secondary N) is 1. The van der Waals surface area contributed by atoms with Crippen molar-refractivity contribution in [1.82, 2.24) is 14.8 Å². The molecule has 126 valence electrons. The van der Waals surface area contributed by atoms with E-state index in [2.05, 4.69) is 15.5 Å². The molecule has 24 heavy (non-hydrogen) atoms. The number of nitrogens with zero attached hydrogens (tertiary/aromatic N) is 4. The van der Waals surface area contributed by atoms with Gasteiger partial charge in [-0.1, -0.05) is 11.8 Å². The Balaban J connectivity index is 1.60. The van der Waals surface area contributed by atoms with Gasteiger partial charge >= 0.3 is 0 Å². The minimum atomic E-state index is -0.298. The van der Waals surface area contributed by atoms with Crippen LogP contribution in [0.25, 0.3) is 0 Å². The molecule has 1 aliphatic rings. The lowest BCUT2D eigenvalue weighted by Crippen LogP contribution is -2.24. The lowest BCUT2D eigenvalue weighted by atomic mass is 10.2. The maximum absolute atomic E-state index is 12.3. The van der Waals surface area contributed by atoms with Crippen LogP contribution in [0, 0.1) is 0 Å². The Bertz CT molecular complexity index is 743. The van der Waals surface area contributed by atoms with Crippen LogP contribution in [-0.4, -0.2) is 38.4 Å². The van der Waals surface area contributed by atoms with E-state index in [4.69, 9.17) is 0 Å². The highest BCUT2D eigenvalue weighted by atomic mass is 32.2. The molecule has 2 heterocycles. The monoisotopic (exact) mass is 345 g/mol. The van der Waals surface area contributed by atoms with E-state index in [0.29, 0.717) is 17.3 Å². The highest BCUT2D eigenvalue weighted by Gasteiger charge is 2.22. The van der Waals surface area contributed by atoms with Crippen molar-refractivity contribution in [3.8, 4) is 0 Å². The molecule has 1 N–H and O–H groups in total. The van der Waals surface area contributed by atoms with Gasteiger partial charge in [0.25, 0.3) is 0 Å². The zero-order chi connectivity index (χ0) is 17.1. The number of aryl methyl sites for hydroxylation is 1. The summed E-state index contributed by atoms with van der Waals surface area (Å²) in [5.41, 5.74) is 1.58. The Morgan fingerprint density at radius 1 is 1.33 bits per heavy atom. The lowest BCUT2D eigenvalue weighted by molar-refractivity contribution is -0.117. The number of hydrogen-bond acceptors (Lipinski definition) is 5. The van der Waals surface area contributed by atoms with Crippen LogP contribution in [0.3, 0.4) is 0 Å².